The molecule has 1 aromatic carbocycles. The van der Waals surface area contributed by atoms with Gasteiger partial charge in [0.05, 0.1) is 25.6 Å². The summed E-state index contributed by atoms with van der Waals surface area (Å²) in [5.41, 5.74) is 1.87. The average Bonchev–Trinajstić information content (AvgIpc) is 3.24. The highest BCUT2D eigenvalue weighted by atomic mass is 35.5. The van der Waals surface area contributed by atoms with Gasteiger partial charge in [-0.2, -0.15) is 0 Å². The number of halogens is 1. The summed E-state index contributed by atoms with van der Waals surface area (Å²) in [6.45, 7) is 3.04. The minimum atomic E-state index is 0.541. The number of nitrogens with zero attached hydrogens (tertiary/aromatic N) is 1. The van der Waals surface area contributed by atoms with Gasteiger partial charge in [-0.25, -0.2) is 0 Å². The lowest BCUT2D eigenvalue weighted by molar-refractivity contribution is 0.329. The summed E-state index contributed by atoms with van der Waals surface area (Å²) in [6, 6.07) is 13.3. The molecule has 2 aromatic heterocycles. The number of benzene rings is 1. The van der Waals surface area contributed by atoms with Crippen LogP contribution in [0.5, 0.6) is 0 Å². The highest BCUT2D eigenvalue weighted by Gasteiger charge is 2.14. The molecule has 4 nitrogen and oxygen atoms in total. The lowest BCUT2D eigenvalue weighted by atomic mass is 10.2. The Kier molecular flexibility index (Phi) is 5.23. The average molecular weight is 361 g/mol. The third-order valence-electron chi connectivity index (χ3n) is 3.56. The molecule has 1 N–H and O–H groups in total. The van der Waals surface area contributed by atoms with Gasteiger partial charge in [-0.3, -0.25) is 0 Å². The van der Waals surface area contributed by atoms with Crippen LogP contribution in [0.3, 0.4) is 0 Å². The molecule has 0 aliphatic carbocycles. The van der Waals surface area contributed by atoms with Crippen molar-refractivity contribution in [1.29, 1.82) is 0 Å². The molecule has 0 radical (unpaired) electrons. The van der Waals surface area contributed by atoms with Gasteiger partial charge in [-0.15, -0.1) is 0 Å². The third-order valence-corrected chi connectivity index (χ3v) is 4.33. The van der Waals surface area contributed by atoms with Crippen LogP contribution < -0.4 is 5.32 Å². The van der Waals surface area contributed by atoms with Crippen LogP contribution in [-0.4, -0.2) is 10.0 Å². The predicted octanol–water partition coefficient (Wildman–Crippen LogP) is 5.23. The molecule has 3 aromatic rings. The first-order valence-corrected chi connectivity index (χ1v) is 8.27. The van der Waals surface area contributed by atoms with E-state index >= 15 is 0 Å². The van der Waals surface area contributed by atoms with Crippen molar-refractivity contribution in [3.8, 4) is 0 Å². The van der Waals surface area contributed by atoms with Crippen LogP contribution in [0.25, 0.3) is 0 Å². The van der Waals surface area contributed by atoms with E-state index in [-0.39, 0.29) is 0 Å². The number of hydrogen-bond acceptors (Lipinski definition) is 3. The van der Waals surface area contributed by atoms with Gasteiger partial charge in [0.25, 0.3) is 0 Å². The Balaban J connectivity index is 1.75. The van der Waals surface area contributed by atoms with Crippen molar-refractivity contribution >= 4 is 34.6 Å². The minimum Gasteiger partial charge on any atom is -0.467 e. The number of anilines is 1. The number of thiocarbonyl (C=S) groups is 1. The summed E-state index contributed by atoms with van der Waals surface area (Å²) >= 11 is 11.7. The fraction of sp³-hybridized carbons (Fsp3) is 0.167. The van der Waals surface area contributed by atoms with Crippen molar-refractivity contribution in [2.75, 3.05) is 5.32 Å². The number of hydrogen-bond donors (Lipinski definition) is 1. The van der Waals surface area contributed by atoms with Crippen LogP contribution >= 0.6 is 23.8 Å². The Morgan fingerprint density at radius 2 is 1.71 bits per heavy atom. The van der Waals surface area contributed by atoms with E-state index in [0.29, 0.717) is 23.2 Å². The first-order valence-electron chi connectivity index (χ1n) is 7.48. The van der Waals surface area contributed by atoms with Crippen molar-refractivity contribution in [2.24, 2.45) is 0 Å². The highest BCUT2D eigenvalue weighted by Crippen LogP contribution is 2.21. The maximum atomic E-state index is 6.18. The van der Waals surface area contributed by atoms with E-state index in [4.69, 9.17) is 32.7 Å². The van der Waals surface area contributed by atoms with Crippen molar-refractivity contribution in [1.82, 2.24) is 4.90 Å². The molecule has 24 heavy (non-hydrogen) atoms. The van der Waals surface area contributed by atoms with Crippen molar-refractivity contribution in [3.63, 3.8) is 0 Å². The Labute approximate surface area is 151 Å². The highest BCUT2D eigenvalue weighted by molar-refractivity contribution is 7.80. The van der Waals surface area contributed by atoms with Gasteiger partial charge >= 0.3 is 0 Å². The SMILES string of the molecule is Cc1ccc(NC(=S)N(Cc2ccco2)Cc2ccco2)cc1Cl. The van der Waals surface area contributed by atoms with Gasteiger partial charge in [-0.05, 0) is 61.1 Å². The Hall–Kier alpha value is -2.24. The maximum Gasteiger partial charge on any atom is 0.174 e. The minimum absolute atomic E-state index is 0.541. The summed E-state index contributed by atoms with van der Waals surface area (Å²) in [4.78, 5) is 1.97. The molecule has 0 fully saturated rings. The maximum absolute atomic E-state index is 6.18. The summed E-state index contributed by atoms with van der Waals surface area (Å²) in [5.74, 6) is 1.65. The fourth-order valence-electron chi connectivity index (χ4n) is 2.25. The van der Waals surface area contributed by atoms with Crippen LogP contribution in [0, 0.1) is 6.92 Å². The van der Waals surface area contributed by atoms with Crippen LogP contribution in [0.2, 0.25) is 5.02 Å². The Morgan fingerprint density at radius 1 is 1.08 bits per heavy atom. The number of nitrogens with one attached hydrogen (secondary N) is 1. The van der Waals surface area contributed by atoms with E-state index in [2.05, 4.69) is 5.32 Å². The Morgan fingerprint density at radius 3 is 2.21 bits per heavy atom. The molecule has 0 bridgehead atoms. The second kappa shape index (κ2) is 7.55. The second-order valence-corrected chi connectivity index (χ2v) is 6.20. The zero-order valence-corrected chi connectivity index (χ0v) is 14.7. The quantitative estimate of drug-likeness (QED) is 0.630. The van der Waals surface area contributed by atoms with Gasteiger partial charge in [0.15, 0.2) is 5.11 Å². The number of rotatable bonds is 5. The van der Waals surface area contributed by atoms with E-state index < -0.39 is 0 Å². The second-order valence-electron chi connectivity index (χ2n) is 5.41. The largest absolute Gasteiger partial charge is 0.467 e. The van der Waals surface area contributed by atoms with E-state index in [1.165, 1.54) is 0 Å². The summed E-state index contributed by atoms with van der Waals surface area (Å²) in [5, 5.41) is 4.50. The molecule has 3 rings (SSSR count). The lowest BCUT2D eigenvalue weighted by Gasteiger charge is -2.24. The zero-order chi connectivity index (χ0) is 16.9. The third kappa shape index (κ3) is 4.19. The summed E-state index contributed by atoms with van der Waals surface area (Å²) < 4.78 is 10.9. The van der Waals surface area contributed by atoms with Crippen LogP contribution in [0.1, 0.15) is 17.1 Å². The standard InChI is InChI=1S/C18H17ClN2O2S/c1-13-6-7-14(10-17(13)19)20-18(24)21(11-15-4-2-8-22-15)12-16-5-3-9-23-16/h2-10H,11-12H2,1H3,(H,20,24). The first kappa shape index (κ1) is 16.6. The molecule has 0 saturated heterocycles. The molecule has 0 aliphatic heterocycles. The lowest BCUT2D eigenvalue weighted by Crippen LogP contribution is -2.33. The van der Waals surface area contributed by atoms with Gasteiger partial charge in [0.1, 0.15) is 11.5 Å². The van der Waals surface area contributed by atoms with Crippen molar-refractivity contribution < 1.29 is 8.83 Å². The molecule has 0 aliphatic rings. The molecule has 124 valence electrons. The molecule has 0 unspecified atom stereocenters. The molecule has 0 spiro atoms. The number of furan rings is 2. The zero-order valence-electron chi connectivity index (χ0n) is 13.2. The number of aryl methyl sites for hydroxylation is 1. The van der Waals surface area contributed by atoms with E-state index in [1.54, 1.807) is 12.5 Å². The smallest absolute Gasteiger partial charge is 0.174 e. The van der Waals surface area contributed by atoms with Gasteiger partial charge < -0.3 is 19.1 Å². The molecular weight excluding hydrogens is 344 g/mol. The Bertz CT molecular complexity index is 764. The van der Waals surface area contributed by atoms with Gasteiger partial charge in [0, 0.05) is 10.7 Å². The van der Waals surface area contributed by atoms with Crippen molar-refractivity contribution in [3.05, 3.63) is 77.1 Å². The fourth-order valence-corrected chi connectivity index (χ4v) is 2.68. The molecular formula is C18H17ClN2O2S. The van der Waals surface area contributed by atoms with Crippen LogP contribution in [-0.2, 0) is 13.1 Å². The van der Waals surface area contributed by atoms with E-state index in [0.717, 1.165) is 22.8 Å². The molecule has 0 amide bonds. The molecule has 2 heterocycles. The molecule has 6 heteroatoms. The summed E-state index contributed by atoms with van der Waals surface area (Å²) in [7, 11) is 0. The monoisotopic (exact) mass is 360 g/mol. The van der Waals surface area contributed by atoms with E-state index in [9.17, 15) is 0 Å². The van der Waals surface area contributed by atoms with Crippen LogP contribution in [0.4, 0.5) is 5.69 Å². The van der Waals surface area contributed by atoms with Gasteiger partial charge in [0.2, 0.25) is 0 Å². The molecule has 0 saturated carbocycles. The predicted molar refractivity (Wildman–Crippen MR) is 99.1 cm³/mol. The van der Waals surface area contributed by atoms with Crippen molar-refractivity contribution in [2.45, 2.75) is 20.0 Å². The molecule has 0 atom stereocenters. The normalized spacial score (nSPS) is 10.6. The van der Waals surface area contributed by atoms with Crippen LogP contribution in [0.15, 0.2) is 63.8 Å². The topological polar surface area (TPSA) is 41.5 Å². The van der Waals surface area contributed by atoms with E-state index in [1.807, 2.05) is 54.3 Å². The summed E-state index contributed by atoms with van der Waals surface area (Å²) in [6.07, 6.45) is 3.30. The van der Waals surface area contributed by atoms with Gasteiger partial charge in [-0.1, -0.05) is 17.7 Å². The first-order chi connectivity index (χ1) is 11.6.